The maximum absolute atomic E-state index is 12.6. The predicted molar refractivity (Wildman–Crippen MR) is 124 cm³/mol. The van der Waals surface area contributed by atoms with Crippen molar-refractivity contribution < 1.29 is 28.6 Å². The van der Waals surface area contributed by atoms with E-state index >= 15 is 0 Å². The molecule has 1 aliphatic heterocycles. The number of nitrogens with one attached hydrogen (secondary N) is 2. The van der Waals surface area contributed by atoms with Gasteiger partial charge in [-0.2, -0.15) is 0 Å². The minimum absolute atomic E-state index is 0.0981. The van der Waals surface area contributed by atoms with E-state index < -0.39 is 5.97 Å². The Kier molecular flexibility index (Phi) is 7.72. The molecule has 0 radical (unpaired) electrons. The van der Waals surface area contributed by atoms with Crippen LogP contribution in [0.5, 0.6) is 11.5 Å². The van der Waals surface area contributed by atoms with Crippen LogP contribution in [-0.4, -0.2) is 43.0 Å². The fraction of sp³-hybridized carbons (Fsp3) is 0.375. The lowest BCUT2D eigenvalue weighted by atomic mass is 9.95. The minimum atomic E-state index is -0.590. The molecule has 174 valence electrons. The Bertz CT molecular complexity index is 1020. The van der Waals surface area contributed by atoms with Gasteiger partial charge in [0.15, 0.2) is 18.1 Å². The summed E-state index contributed by atoms with van der Waals surface area (Å²) in [4.78, 5) is 37.7. The van der Waals surface area contributed by atoms with Crippen LogP contribution in [0.4, 0.5) is 5.69 Å². The highest BCUT2D eigenvalue weighted by atomic mass is 32.2. The molecule has 0 unspecified atom stereocenters. The molecule has 2 aromatic carbocycles. The van der Waals surface area contributed by atoms with Gasteiger partial charge in [0.2, 0.25) is 12.7 Å². The van der Waals surface area contributed by atoms with Gasteiger partial charge in [0.25, 0.3) is 5.91 Å². The summed E-state index contributed by atoms with van der Waals surface area (Å²) in [5.74, 6) is 0.217. The molecule has 8 nitrogen and oxygen atoms in total. The first-order valence-corrected chi connectivity index (χ1v) is 11.9. The minimum Gasteiger partial charge on any atom is -0.454 e. The van der Waals surface area contributed by atoms with Gasteiger partial charge in [-0.25, -0.2) is 4.79 Å². The highest BCUT2D eigenvalue weighted by Crippen LogP contribution is 2.34. The number of rotatable bonds is 8. The van der Waals surface area contributed by atoms with Crippen molar-refractivity contribution in [1.82, 2.24) is 5.32 Å². The van der Waals surface area contributed by atoms with E-state index in [1.165, 1.54) is 18.2 Å². The second-order valence-corrected chi connectivity index (χ2v) is 8.90. The lowest BCUT2D eigenvalue weighted by Crippen LogP contribution is -2.38. The van der Waals surface area contributed by atoms with Gasteiger partial charge >= 0.3 is 5.97 Å². The number of carbonyl (C=O) groups is 3. The fourth-order valence-electron chi connectivity index (χ4n) is 3.80. The number of anilines is 1. The summed E-state index contributed by atoms with van der Waals surface area (Å²) >= 11 is 1.22. The monoisotopic (exact) mass is 470 g/mol. The third kappa shape index (κ3) is 6.41. The summed E-state index contributed by atoms with van der Waals surface area (Å²) in [5, 5.41) is 5.73. The topological polar surface area (TPSA) is 103 Å². The van der Waals surface area contributed by atoms with Crippen LogP contribution in [0.25, 0.3) is 0 Å². The molecule has 2 N–H and O–H groups in total. The molecule has 4 rings (SSSR count). The number of hydrogen-bond acceptors (Lipinski definition) is 7. The Morgan fingerprint density at radius 2 is 1.76 bits per heavy atom. The molecule has 0 aromatic heterocycles. The Morgan fingerprint density at radius 1 is 0.970 bits per heavy atom. The SMILES string of the molecule is O=C(CSc1ccccc1C(=O)OCC(=O)NC1CCCCC1)Nc1ccc2c(c1)OCO2. The zero-order valence-electron chi connectivity index (χ0n) is 18.1. The van der Waals surface area contributed by atoms with Crippen LogP contribution < -0.4 is 20.1 Å². The number of ether oxygens (including phenoxy) is 3. The Morgan fingerprint density at radius 3 is 2.61 bits per heavy atom. The highest BCUT2D eigenvalue weighted by molar-refractivity contribution is 8.00. The second-order valence-electron chi connectivity index (χ2n) is 7.88. The van der Waals surface area contributed by atoms with E-state index in [1.807, 2.05) is 0 Å². The van der Waals surface area contributed by atoms with Crippen molar-refractivity contribution in [1.29, 1.82) is 0 Å². The van der Waals surface area contributed by atoms with E-state index in [1.54, 1.807) is 42.5 Å². The van der Waals surface area contributed by atoms with Gasteiger partial charge in [-0.1, -0.05) is 31.4 Å². The number of hydrogen-bond donors (Lipinski definition) is 2. The summed E-state index contributed by atoms with van der Waals surface area (Å²) in [5.41, 5.74) is 0.922. The number of benzene rings is 2. The van der Waals surface area contributed by atoms with Crippen molar-refractivity contribution in [3.63, 3.8) is 0 Å². The normalized spacial score (nSPS) is 15.0. The molecule has 2 amide bonds. The number of fused-ring (bicyclic) bond motifs is 1. The van der Waals surface area contributed by atoms with Crippen LogP contribution in [0.3, 0.4) is 0 Å². The van der Waals surface area contributed by atoms with E-state index in [0.29, 0.717) is 27.6 Å². The maximum atomic E-state index is 12.6. The van der Waals surface area contributed by atoms with E-state index in [0.717, 1.165) is 25.7 Å². The van der Waals surface area contributed by atoms with Gasteiger partial charge in [0.1, 0.15) is 0 Å². The van der Waals surface area contributed by atoms with Gasteiger partial charge in [-0.3, -0.25) is 9.59 Å². The van der Waals surface area contributed by atoms with Gasteiger partial charge in [0, 0.05) is 22.7 Å². The number of amides is 2. The van der Waals surface area contributed by atoms with Gasteiger partial charge in [-0.05, 0) is 37.1 Å². The molecule has 1 saturated carbocycles. The smallest absolute Gasteiger partial charge is 0.339 e. The van der Waals surface area contributed by atoms with Crippen LogP contribution in [-0.2, 0) is 14.3 Å². The van der Waals surface area contributed by atoms with Crippen molar-refractivity contribution in [2.45, 2.75) is 43.0 Å². The molecule has 0 atom stereocenters. The van der Waals surface area contributed by atoms with Crippen molar-refractivity contribution in [2.24, 2.45) is 0 Å². The zero-order valence-corrected chi connectivity index (χ0v) is 18.9. The molecule has 1 aliphatic carbocycles. The molecule has 2 aliphatic rings. The summed E-state index contributed by atoms with van der Waals surface area (Å²) in [6.07, 6.45) is 5.35. The third-order valence-electron chi connectivity index (χ3n) is 5.43. The molecule has 0 spiro atoms. The molecule has 9 heteroatoms. The molecule has 1 heterocycles. The highest BCUT2D eigenvalue weighted by Gasteiger charge is 2.19. The Labute approximate surface area is 196 Å². The van der Waals surface area contributed by atoms with E-state index in [9.17, 15) is 14.4 Å². The average Bonchev–Trinajstić information content (AvgIpc) is 3.30. The summed E-state index contributed by atoms with van der Waals surface area (Å²) in [6, 6.07) is 12.2. The molecule has 33 heavy (non-hydrogen) atoms. The largest absolute Gasteiger partial charge is 0.454 e. The molecular formula is C24H26N2O6S. The zero-order chi connectivity index (χ0) is 23.0. The molecule has 0 bridgehead atoms. The summed E-state index contributed by atoms with van der Waals surface area (Å²) in [6.45, 7) is -0.156. The number of thioether (sulfide) groups is 1. The second kappa shape index (κ2) is 11.1. The standard InChI is InChI=1S/C24H26N2O6S/c27-22(25-16-6-2-1-3-7-16)13-30-24(29)18-8-4-5-9-21(18)33-14-23(28)26-17-10-11-19-20(12-17)32-15-31-19/h4-5,8-12,16H,1-3,6-7,13-15H2,(H,25,27)(H,26,28). The lowest BCUT2D eigenvalue weighted by molar-refractivity contribution is -0.125. The molecular weight excluding hydrogens is 444 g/mol. The van der Waals surface area contributed by atoms with Crippen molar-refractivity contribution >= 4 is 35.2 Å². The first-order chi connectivity index (χ1) is 16.1. The van der Waals surface area contributed by atoms with E-state index in [4.69, 9.17) is 14.2 Å². The van der Waals surface area contributed by atoms with Crippen LogP contribution in [0.1, 0.15) is 42.5 Å². The van der Waals surface area contributed by atoms with Crippen molar-refractivity contribution in [3.8, 4) is 11.5 Å². The Balaban J connectivity index is 1.27. The van der Waals surface area contributed by atoms with Crippen molar-refractivity contribution in [3.05, 3.63) is 48.0 Å². The quantitative estimate of drug-likeness (QED) is 0.447. The van der Waals surface area contributed by atoms with Crippen LogP contribution >= 0.6 is 11.8 Å². The average molecular weight is 471 g/mol. The van der Waals surface area contributed by atoms with E-state index in [-0.39, 0.29) is 37.0 Å². The number of carbonyl (C=O) groups excluding carboxylic acids is 3. The van der Waals surface area contributed by atoms with Gasteiger partial charge < -0.3 is 24.8 Å². The predicted octanol–water partition coefficient (Wildman–Crippen LogP) is 3.75. The first kappa shape index (κ1) is 23.0. The Hall–Kier alpha value is -3.20. The lowest BCUT2D eigenvalue weighted by Gasteiger charge is -2.22. The fourth-order valence-corrected chi connectivity index (χ4v) is 4.64. The van der Waals surface area contributed by atoms with Gasteiger partial charge in [-0.15, -0.1) is 11.8 Å². The third-order valence-corrected chi connectivity index (χ3v) is 6.50. The van der Waals surface area contributed by atoms with Crippen LogP contribution in [0.2, 0.25) is 0 Å². The van der Waals surface area contributed by atoms with E-state index in [2.05, 4.69) is 10.6 Å². The summed E-state index contributed by atoms with van der Waals surface area (Å²) in [7, 11) is 0. The number of esters is 1. The molecule has 1 fully saturated rings. The maximum Gasteiger partial charge on any atom is 0.339 e. The summed E-state index contributed by atoms with van der Waals surface area (Å²) < 4.78 is 15.8. The van der Waals surface area contributed by atoms with Gasteiger partial charge in [0.05, 0.1) is 11.3 Å². The van der Waals surface area contributed by atoms with Crippen LogP contribution in [0.15, 0.2) is 47.4 Å². The van der Waals surface area contributed by atoms with Crippen molar-refractivity contribution in [2.75, 3.05) is 24.5 Å². The molecule has 2 aromatic rings. The first-order valence-electron chi connectivity index (χ1n) is 11.0. The molecule has 0 saturated heterocycles. The van der Waals surface area contributed by atoms with Crippen LogP contribution in [0, 0.1) is 0 Å².